The third kappa shape index (κ3) is 6.84. The van der Waals surface area contributed by atoms with Crippen LogP contribution in [-0.2, 0) is 20.7 Å². The van der Waals surface area contributed by atoms with Crippen molar-refractivity contribution in [2.45, 2.75) is 32.6 Å². The Morgan fingerprint density at radius 1 is 0.967 bits per heavy atom. The average Bonchev–Trinajstić information content (AvgIpc) is 2.71. The molecule has 7 nitrogen and oxygen atoms in total. The number of phenolic OH excluding ortho intramolecular Hbond substituents is 4. The molecule has 0 saturated carbocycles. The van der Waals surface area contributed by atoms with Crippen molar-refractivity contribution in [2.24, 2.45) is 5.92 Å². The molecule has 2 aromatic carbocycles. The van der Waals surface area contributed by atoms with Crippen LogP contribution in [-0.4, -0.2) is 38.8 Å². The Morgan fingerprint density at radius 2 is 1.63 bits per heavy atom. The highest BCUT2D eigenvalue weighted by Crippen LogP contribution is 2.27. The SMILES string of the molecule is CCCCOC(=O)C(CC(=O)C=Cc1ccc(O)c(O)c1)Cc1ccc(O)c(O)c1. The Hall–Kier alpha value is -3.48. The summed E-state index contributed by atoms with van der Waals surface area (Å²) >= 11 is 0. The van der Waals surface area contributed by atoms with E-state index in [1.165, 1.54) is 42.5 Å². The normalized spacial score (nSPS) is 12.0. The van der Waals surface area contributed by atoms with Crippen molar-refractivity contribution in [3.63, 3.8) is 0 Å². The van der Waals surface area contributed by atoms with Crippen molar-refractivity contribution in [3.8, 4) is 23.0 Å². The minimum atomic E-state index is -0.754. The van der Waals surface area contributed by atoms with Gasteiger partial charge < -0.3 is 25.2 Å². The van der Waals surface area contributed by atoms with Crippen LogP contribution in [0, 0.1) is 5.92 Å². The maximum atomic E-state index is 12.5. The molecule has 0 bridgehead atoms. The molecule has 0 aromatic heterocycles. The fraction of sp³-hybridized carbons (Fsp3) is 0.304. The van der Waals surface area contributed by atoms with Gasteiger partial charge in [0, 0.05) is 6.42 Å². The van der Waals surface area contributed by atoms with E-state index in [2.05, 4.69) is 0 Å². The smallest absolute Gasteiger partial charge is 0.309 e. The zero-order chi connectivity index (χ0) is 22.1. The molecule has 0 amide bonds. The van der Waals surface area contributed by atoms with Crippen LogP contribution in [0.3, 0.4) is 0 Å². The largest absolute Gasteiger partial charge is 0.504 e. The molecule has 0 aliphatic carbocycles. The average molecular weight is 414 g/mol. The summed E-state index contributed by atoms with van der Waals surface area (Å²) in [5.41, 5.74) is 1.10. The van der Waals surface area contributed by atoms with Gasteiger partial charge in [0.25, 0.3) is 0 Å². The molecule has 0 heterocycles. The summed E-state index contributed by atoms with van der Waals surface area (Å²) in [5.74, 6) is -2.69. The van der Waals surface area contributed by atoms with Crippen LogP contribution in [0.5, 0.6) is 23.0 Å². The van der Waals surface area contributed by atoms with E-state index in [4.69, 9.17) is 4.74 Å². The van der Waals surface area contributed by atoms with Crippen molar-refractivity contribution in [2.75, 3.05) is 6.61 Å². The number of esters is 1. The molecule has 0 fully saturated rings. The highest BCUT2D eigenvalue weighted by atomic mass is 16.5. The standard InChI is InChI=1S/C23H26O7/c1-2-3-10-30-23(29)17(11-16-6-9-20(26)22(28)13-16)14-18(24)7-4-15-5-8-19(25)21(27)12-15/h4-9,12-13,17,25-28H,2-3,10-11,14H2,1H3. The second-order valence-corrected chi connectivity index (χ2v) is 7.00. The van der Waals surface area contributed by atoms with Gasteiger partial charge in [0.15, 0.2) is 28.8 Å². The van der Waals surface area contributed by atoms with E-state index in [9.17, 15) is 30.0 Å². The Balaban J connectivity index is 2.10. The molecule has 30 heavy (non-hydrogen) atoms. The number of unbranched alkanes of at least 4 members (excludes halogenated alkanes) is 1. The first-order valence-electron chi connectivity index (χ1n) is 9.70. The summed E-state index contributed by atoms with van der Waals surface area (Å²) in [5, 5.41) is 38.0. The number of phenols is 4. The molecule has 0 saturated heterocycles. The fourth-order valence-electron chi connectivity index (χ4n) is 2.80. The van der Waals surface area contributed by atoms with E-state index in [0.717, 1.165) is 12.8 Å². The maximum absolute atomic E-state index is 12.5. The summed E-state index contributed by atoms with van der Waals surface area (Å²) in [4.78, 5) is 24.9. The van der Waals surface area contributed by atoms with Crippen LogP contribution < -0.4 is 0 Å². The predicted octanol–water partition coefficient (Wildman–Crippen LogP) is 3.68. The van der Waals surface area contributed by atoms with E-state index in [0.29, 0.717) is 11.1 Å². The lowest BCUT2D eigenvalue weighted by atomic mass is 9.93. The quantitative estimate of drug-likeness (QED) is 0.202. The maximum Gasteiger partial charge on any atom is 0.309 e. The molecule has 4 N–H and O–H groups in total. The van der Waals surface area contributed by atoms with Crippen LogP contribution in [0.4, 0.5) is 0 Å². The highest BCUT2D eigenvalue weighted by molar-refractivity contribution is 5.96. The summed E-state index contributed by atoms with van der Waals surface area (Å²) in [6.45, 7) is 2.24. The summed E-state index contributed by atoms with van der Waals surface area (Å²) < 4.78 is 5.28. The molecule has 1 unspecified atom stereocenters. The lowest BCUT2D eigenvalue weighted by molar-refractivity contribution is -0.149. The van der Waals surface area contributed by atoms with Gasteiger partial charge in [-0.15, -0.1) is 0 Å². The highest BCUT2D eigenvalue weighted by Gasteiger charge is 2.23. The molecule has 0 radical (unpaired) electrons. The van der Waals surface area contributed by atoms with Crippen LogP contribution in [0.25, 0.3) is 6.08 Å². The molecule has 0 aliphatic heterocycles. The lowest BCUT2D eigenvalue weighted by Gasteiger charge is -2.15. The lowest BCUT2D eigenvalue weighted by Crippen LogP contribution is -2.23. The first kappa shape index (κ1) is 22.8. The fourth-order valence-corrected chi connectivity index (χ4v) is 2.80. The Labute approximate surface area is 174 Å². The number of hydrogen-bond donors (Lipinski definition) is 4. The van der Waals surface area contributed by atoms with Gasteiger partial charge in [0.2, 0.25) is 0 Å². The third-order valence-electron chi connectivity index (χ3n) is 4.51. The first-order valence-corrected chi connectivity index (χ1v) is 9.70. The van der Waals surface area contributed by atoms with Crippen molar-refractivity contribution in [3.05, 3.63) is 53.6 Å². The minimum Gasteiger partial charge on any atom is -0.504 e. The van der Waals surface area contributed by atoms with E-state index in [-0.39, 0.29) is 48.2 Å². The van der Waals surface area contributed by atoms with E-state index < -0.39 is 11.9 Å². The molecule has 0 aliphatic rings. The van der Waals surface area contributed by atoms with Crippen molar-refractivity contribution >= 4 is 17.8 Å². The molecule has 0 spiro atoms. The Kier molecular flexibility index (Phi) is 8.29. The predicted molar refractivity (Wildman–Crippen MR) is 111 cm³/mol. The monoisotopic (exact) mass is 414 g/mol. The first-order chi connectivity index (χ1) is 14.3. The van der Waals surface area contributed by atoms with Gasteiger partial charge in [-0.1, -0.05) is 31.6 Å². The van der Waals surface area contributed by atoms with Crippen molar-refractivity contribution in [1.82, 2.24) is 0 Å². The zero-order valence-electron chi connectivity index (χ0n) is 16.7. The van der Waals surface area contributed by atoms with E-state index in [1.807, 2.05) is 6.92 Å². The number of ketones is 1. The van der Waals surface area contributed by atoms with Crippen LogP contribution >= 0.6 is 0 Å². The molecule has 160 valence electrons. The third-order valence-corrected chi connectivity index (χ3v) is 4.51. The minimum absolute atomic E-state index is 0.104. The molecular formula is C23H26O7. The second-order valence-electron chi connectivity index (χ2n) is 7.00. The van der Waals surface area contributed by atoms with Gasteiger partial charge in [-0.2, -0.15) is 0 Å². The second kappa shape index (κ2) is 10.9. The Morgan fingerprint density at radius 3 is 2.27 bits per heavy atom. The van der Waals surface area contributed by atoms with Crippen molar-refractivity contribution in [1.29, 1.82) is 0 Å². The summed E-state index contributed by atoms with van der Waals surface area (Å²) in [6.07, 6.45) is 4.42. The number of carbonyl (C=O) groups excluding carboxylic acids is 2. The van der Waals surface area contributed by atoms with Gasteiger partial charge in [0.1, 0.15) is 0 Å². The molecule has 2 aromatic rings. The van der Waals surface area contributed by atoms with Gasteiger partial charge in [-0.3, -0.25) is 9.59 Å². The summed E-state index contributed by atoms with van der Waals surface area (Å²) in [7, 11) is 0. The van der Waals surface area contributed by atoms with E-state index in [1.54, 1.807) is 6.07 Å². The number of allylic oxidation sites excluding steroid dienone is 1. The van der Waals surface area contributed by atoms with Gasteiger partial charge >= 0.3 is 5.97 Å². The number of carbonyl (C=O) groups is 2. The van der Waals surface area contributed by atoms with Crippen LogP contribution in [0.15, 0.2) is 42.5 Å². The van der Waals surface area contributed by atoms with Crippen molar-refractivity contribution < 1.29 is 34.8 Å². The molecule has 1 atom stereocenters. The molecule has 7 heteroatoms. The number of ether oxygens (including phenoxy) is 1. The van der Waals surface area contributed by atoms with E-state index >= 15 is 0 Å². The number of benzene rings is 2. The van der Waals surface area contributed by atoms with Gasteiger partial charge in [0.05, 0.1) is 12.5 Å². The zero-order valence-corrected chi connectivity index (χ0v) is 16.7. The molecule has 2 rings (SSSR count). The Bertz CT molecular complexity index is 918. The van der Waals surface area contributed by atoms with Gasteiger partial charge in [-0.05, 0) is 54.3 Å². The summed E-state index contributed by atoms with van der Waals surface area (Å²) in [6, 6.07) is 8.40. The topological polar surface area (TPSA) is 124 Å². The van der Waals surface area contributed by atoms with Crippen LogP contribution in [0.1, 0.15) is 37.3 Å². The van der Waals surface area contributed by atoms with Gasteiger partial charge in [-0.25, -0.2) is 0 Å². The molecular weight excluding hydrogens is 388 g/mol. The number of aromatic hydroxyl groups is 4. The van der Waals surface area contributed by atoms with Crippen LogP contribution in [0.2, 0.25) is 0 Å². The number of rotatable bonds is 10. The number of hydrogen-bond acceptors (Lipinski definition) is 7.